The number of hydrogen-bond acceptors (Lipinski definition) is 6. The van der Waals surface area contributed by atoms with E-state index in [1.807, 2.05) is 45.0 Å². The quantitative estimate of drug-likeness (QED) is 0.458. The Kier molecular flexibility index (Phi) is 5.65. The van der Waals surface area contributed by atoms with E-state index in [1.54, 1.807) is 6.07 Å². The molecule has 2 heterocycles. The molecule has 0 unspecified atom stereocenters. The Hall–Kier alpha value is -3.26. The fourth-order valence-corrected chi connectivity index (χ4v) is 2.80. The number of aromatic nitrogens is 3. The van der Waals surface area contributed by atoms with Gasteiger partial charge in [0.1, 0.15) is 12.8 Å². The Morgan fingerprint density at radius 3 is 2.31 bits per heavy atom. The van der Waals surface area contributed by atoms with Crippen molar-refractivity contribution in [2.75, 3.05) is 0 Å². The molecule has 150 valence electrons. The minimum atomic E-state index is -0.538. The Morgan fingerprint density at radius 2 is 1.76 bits per heavy atom. The Balaban J connectivity index is 1.72. The van der Waals surface area contributed by atoms with E-state index < -0.39 is 16.0 Å². The van der Waals surface area contributed by atoms with Gasteiger partial charge < -0.3 is 14.9 Å². The van der Waals surface area contributed by atoms with Crippen LogP contribution in [0.1, 0.15) is 26.3 Å². The minimum Gasteiger partial charge on any atom is -0.485 e. The van der Waals surface area contributed by atoms with E-state index in [4.69, 9.17) is 16.3 Å². The molecule has 0 N–H and O–H groups in total. The molecule has 0 spiro atoms. The van der Waals surface area contributed by atoms with Crippen molar-refractivity contribution >= 4 is 17.4 Å². The highest BCUT2D eigenvalue weighted by Crippen LogP contribution is 2.24. The fraction of sp³-hybridized carbons (Fsp3) is 0.250. The van der Waals surface area contributed by atoms with Crippen LogP contribution in [0.4, 0.5) is 5.82 Å². The lowest BCUT2D eigenvalue weighted by atomic mass is 10.1. The van der Waals surface area contributed by atoms with Crippen molar-refractivity contribution in [3.8, 4) is 16.9 Å². The summed E-state index contributed by atoms with van der Waals surface area (Å²) in [5.74, 6) is 0.0263. The Morgan fingerprint density at radius 1 is 1.10 bits per heavy atom. The summed E-state index contributed by atoms with van der Waals surface area (Å²) < 4.78 is 6.98. The van der Waals surface area contributed by atoms with Gasteiger partial charge >= 0.3 is 5.82 Å². The molecule has 0 saturated heterocycles. The number of rotatable bonds is 5. The summed E-state index contributed by atoms with van der Waals surface area (Å²) in [6, 6.07) is 10.4. The van der Waals surface area contributed by atoms with Crippen LogP contribution < -0.4 is 10.3 Å². The summed E-state index contributed by atoms with van der Waals surface area (Å²) in [7, 11) is 0. The lowest BCUT2D eigenvalue weighted by Gasteiger charge is -2.21. The molecular formula is C20H19ClN4O4. The maximum absolute atomic E-state index is 12.4. The van der Waals surface area contributed by atoms with Crippen molar-refractivity contribution < 1.29 is 9.66 Å². The van der Waals surface area contributed by atoms with Gasteiger partial charge in [0.25, 0.3) is 5.56 Å². The number of ether oxygens (including phenoxy) is 1. The van der Waals surface area contributed by atoms with Crippen LogP contribution in [0.3, 0.4) is 0 Å². The summed E-state index contributed by atoms with van der Waals surface area (Å²) in [5, 5.41) is 14.8. The summed E-state index contributed by atoms with van der Waals surface area (Å²) >= 11 is 6.16. The minimum absolute atomic E-state index is 0.0106. The smallest absolute Gasteiger partial charge is 0.363 e. The number of hydrogen-bond donors (Lipinski definition) is 0. The van der Waals surface area contributed by atoms with Crippen molar-refractivity contribution in [2.45, 2.75) is 32.9 Å². The normalized spacial score (nSPS) is 11.3. The van der Waals surface area contributed by atoms with Crippen molar-refractivity contribution in [2.24, 2.45) is 0 Å². The summed E-state index contributed by atoms with van der Waals surface area (Å²) in [4.78, 5) is 26.3. The molecule has 9 heteroatoms. The highest BCUT2D eigenvalue weighted by atomic mass is 35.5. The molecule has 0 fully saturated rings. The van der Waals surface area contributed by atoms with E-state index >= 15 is 0 Å². The van der Waals surface area contributed by atoms with Crippen LogP contribution in [-0.2, 0) is 12.1 Å². The van der Waals surface area contributed by atoms with E-state index in [9.17, 15) is 14.9 Å². The molecule has 0 aliphatic carbocycles. The van der Waals surface area contributed by atoms with Crippen LogP contribution in [-0.4, -0.2) is 19.7 Å². The fourth-order valence-electron chi connectivity index (χ4n) is 2.62. The molecule has 0 radical (unpaired) electrons. The first-order valence-electron chi connectivity index (χ1n) is 8.77. The monoisotopic (exact) mass is 414 g/mol. The maximum atomic E-state index is 12.4. The number of pyridine rings is 1. The van der Waals surface area contributed by atoms with Gasteiger partial charge in [0.2, 0.25) is 0 Å². The van der Waals surface area contributed by atoms with Crippen LogP contribution in [0.15, 0.2) is 53.6 Å². The van der Waals surface area contributed by atoms with E-state index in [0.29, 0.717) is 0 Å². The molecule has 2 aromatic heterocycles. The van der Waals surface area contributed by atoms with Gasteiger partial charge in [0.05, 0.1) is 11.7 Å². The zero-order valence-corrected chi connectivity index (χ0v) is 16.9. The third-order valence-corrected chi connectivity index (χ3v) is 4.49. The average molecular weight is 415 g/mol. The summed E-state index contributed by atoms with van der Waals surface area (Å²) in [5.41, 5.74) is 1.60. The molecular weight excluding hydrogens is 396 g/mol. The van der Waals surface area contributed by atoms with E-state index in [1.165, 1.54) is 23.1 Å². The van der Waals surface area contributed by atoms with Gasteiger partial charge in [-0.2, -0.15) is 5.10 Å². The molecule has 0 aliphatic rings. The van der Waals surface area contributed by atoms with Crippen molar-refractivity contribution in [3.63, 3.8) is 0 Å². The van der Waals surface area contributed by atoms with Crippen molar-refractivity contribution in [1.29, 1.82) is 0 Å². The van der Waals surface area contributed by atoms with Crippen LogP contribution in [0.25, 0.3) is 11.1 Å². The molecule has 0 bridgehead atoms. The first kappa shape index (κ1) is 20.5. The van der Waals surface area contributed by atoms with Crippen LogP contribution in [0, 0.1) is 10.1 Å². The maximum Gasteiger partial charge on any atom is 0.363 e. The predicted octanol–water partition coefficient (Wildman–Crippen LogP) is 4.20. The molecule has 1 aromatic carbocycles. The molecule has 3 rings (SSSR count). The highest BCUT2D eigenvalue weighted by molar-refractivity contribution is 6.31. The predicted molar refractivity (Wildman–Crippen MR) is 109 cm³/mol. The lowest BCUT2D eigenvalue weighted by Crippen LogP contribution is -2.36. The first-order chi connectivity index (χ1) is 13.7. The van der Waals surface area contributed by atoms with Crippen LogP contribution in [0.5, 0.6) is 5.75 Å². The molecule has 0 saturated carbocycles. The zero-order chi connectivity index (χ0) is 21.2. The summed E-state index contributed by atoms with van der Waals surface area (Å²) in [6.07, 6.45) is 2.89. The largest absolute Gasteiger partial charge is 0.485 e. The van der Waals surface area contributed by atoms with Crippen molar-refractivity contribution in [3.05, 3.63) is 79.8 Å². The van der Waals surface area contributed by atoms with Crippen molar-refractivity contribution in [1.82, 2.24) is 14.8 Å². The first-order valence-corrected chi connectivity index (χ1v) is 9.15. The number of nitro groups is 1. The molecule has 0 aliphatic heterocycles. The second kappa shape index (κ2) is 8.00. The van der Waals surface area contributed by atoms with Gasteiger partial charge in [-0.25, -0.2) is 4.68 Å². The summed E-state index contributed by atoms with van der Waals surface area (Å²) in [6.45, 7) is 5.79. The number of benzene rings is 1. The Bertz CT molecular complexity index is 1090. The van der Waals surface area contributed by atoms with E-state index in [0.717, 1.165) is 16.7 Å². The molecule has 3 aromatic rings. The van der Waals surface area contributed by atoms with Gasteiger partial charge in [0.15, 0.2) is 10.8 Å². The van der Waals surface area contributed by atoms with Crippen LogP contribution in [0.2, 0.25) is 5.02 Å². The molecule has 0 atom stereocenters. The zero-order valence-electron chi connectivity index (χ0n) is 16.1. The topological polar surface area (TPSA) is 100 Å². The third kappa shape index (κ3) is 4.60. The highest BCUT2D eigenvalue weighted by Gasteiger charge is 2.20. The van der Waals surface area contributed by atoms with Gasteiger partial charge in [0, 0.05) is 11.6 Å². The third-order valence-electron chi connectivity index (χ3n) is 4.14. The van der Waals surface area contributed by atoms with E-state index in [-0.39, 0.29) is 23.2 Å². The van der Waals surface area contributed by atoms with Gasteiger partial charge in [-0.3, -0.25) is 4.79 Å². The van der Waals surface area contributed by atoms with Gasteiger partial charge in [-0.05, 0) is 47.9 Å². The molecule has 29 heavy (non-hydrogen) atoms. The number of nitrogens with zero attached hydrogens (tertiary/aromatic N) is 4. The lowest BCUT2D eigenvalue weighted by molar-refractivity contribution is -0.389. The van der Waals surface area contributed by atoms with Gasteiger partial charge in [-0.1, -0.05) is 35.9 Å². The second-order valence-corrected chi connectivity index (χ2v) is 7.74. The standard InChI is InChI=1S/C20H19ClN4O4/c1-20(2,3)24-19(26)18(21)16(11-23-24)29-12-13-4-6-14(7-5-13)15-8-9-17(22-10-15)25(27)28/h4-11H,12H2,1-3H3. The number of halogens is 1. The van der Waals surface area contributed by atoms with E-state index in [2.05, 4.69) is 10.1 Å². The average Bonchev–Trinajstić information content (AvgIpc) is 2.68. The van der Waals surface area contributed by atoms with Gasteiger partial charge in [-0.15, -0.1) is 0 Å². The Labute approximate surface area is 171 Å². The molecule has 0 amide bonds. The second-order valence-electron chi connectivity index (χ2n) is 7.36. The molecule has 8 nitrogen and oxygen atoms in total. The van der Waals surface area contributed by atoms with Crippen LogP contribution >= 0.6 is 11.6 Å². The SMILES string of the molecule is CC(C)(C)n1ncc(OCc2ccc(-c3ccc([N+](=O)[O-])nc3)cc2)c(Cl)c1=O.